The molecule has 0 heterocycles. The third-order valence-electron chi connectivity index (χ3n) is 2.48. The summed E-state index contributed by atoms with van der Waals surface area (Å²) in [6, 6.07) is 4.41. The molecule has 0 bridgehead atoms. The predicted molar refractivity (Wildman–Crippen MR) is 76.6 cm³/mol. The van der Waals surface area contributed by atoms with Gasteiger partial charge in [0.2, 0.25) is 5.91 Å². The van der Waals surface area contributed by atoms with E-state index in [1.165, 1.54) is 24.3 Å². The number of halogens is 2. The van der Waals surface area contributed by atoms with Gasteiger partial charge in [0, 0.05) is 18.2 Å². The number of hydrogen-bond acceptors (Lipinski definition) is 2. The zero-order chi connectivity index (χ0) is 14.3. The molecule has 0 radical (unpaired) electrons. The number of hydrogen-bond donors (Lipinski definition) is 1. The monoisotopic (exact) mass is 284 g/mol. The summed E-state index contributed by atoms with van der Waals surface area (Å²) in [6.45, 7) is 1.50. The Morgan fingerprint density at radius 1 is 1.47 bits per heavy atom. The van der Waals surface area contributed by atoms with E-state index in [9.17, 15) is 9.18 Å². The smallest absolute Gasteiger partial charge is 0.244 e. The van der Waals surface area contributed by atoms with E-state index in [-0.39, 0.29) is 16.5 Å². The molecular formula is C14H18ClFN2O. The molecule has 0 spiro atoms. The van der Waals surface area contributed by atoms with Crippen LogP contribution in [0.25, 0.3) is 6.08 Å². The Bertz CT molecular complexity index is 441. The average molecular weight is 285 g/mol. The first-order valence-electron chi connectivity index (χ1n) is 6.05. The third-order valence-corrected chi connectivity index (χ3v) is 2.81. The molecule has 1 N–H and O–H groups in total. The second kappa shape index (κ2) is 7.92. The summed E-state index contributed by atoms with van der Waals surface area (Å²) in [6.07, 6.45) is 3.55. The molecule has 1 aromatic rings. The number of carbonyl (C=O) groups is 1. The highest BCUT2D eigenvalue weighted by atomic mass is 35.5. The minimum absolute atomic E-state index is 0.229. The normalized spacial score (nSPS) is 11.2. The van der Waals surface area contributed by atoms with Crippen LogP contribution < -0.4 is 5.32 Å². The highest BCUT2D eigenvalue weighted by molar-refractivity contribution is 6.32. The van der Waals surface area contributed by atoms with Crippen molar-refractivity contribution in [3.63, 3.8) is 0 Å². The molecule has 19 heavy (non-hydrogen) atoms. The van der Waals surface area contributed by atoms with Gasteiger partial charge in [0.25, 0.3) is 0 Å². The second-order valence-corrected chi connectivity index (χ2v) is 4.82. The standard InChI is InChI=1S/C14H18ClFN2O/c1-18(2)10-4-9-17-14(19)8-7-11-12(15)5-3-6-13(11)16/h3,5-8H,4,9-10H2,1-2H3,(H,17,19)/b8-7+. The minimum atomic E-state index is -0.441. The molecule has 0 unspecified atom stereocenters. The highest BCUT2D eigenvalue weighted by Gasteiger charge is 2.03. The van der Waals surface area contributed by atoms with E-state index >= 15 is 0 Å². The summed E-state index contributed by atoms with van der Waals surface area (Å²) in [5.41, 5.74) is 0.229. The van der Waals surface area contributed by atoms with Crippen LogP contribution in [0.3, 0.4) is 0 Å². The Kier molecular flexibility index (Phi) is 6.53. The highest BCUT2D eigenvalue weighted by Crippen LogP contribution is 2.20. The Balaban J connectivity index is 2.46. The first-order chi connectivity index (χ1) is 9.00. The number of carbonyl (C=O) groups excluding carboxylic acids is 1. The topological polar surface area (TPSA) is 32.3 Å². The molecule has 0 atom stereocenters. The van der Waals surface area contributed by atoms with Crippen LogP contribution in [-0.4, -0.2) is 38.0 Å². The molecule has 1 rings (SSSR count). The van der Waals surface area contributed by atoms with Crippen molar-refractivity contribution in [1.82, 2.24) is 10.2 Å². The Hall–Kier alpha value is -1.39. The van der Waals surface area contributed by atoms with Crippen LogP contribution in [-0.2, 0) is 4.79 Å². The first-order valence-corrected chi connectivity index (χ1v) is 6.43. The molecule has 0 fully saturated rings. The summed E-state index contributed by atoms with van der Waals surface area (Å²) in [5.74, 6) is -0.692. The molecule has 3 nitrogen and oxygen atoms in total. The fourth-order valence-electron chi connectivity index (χ4n) is 1.49. The van der Waals surface area contributed by atoms with Crippen LogP contribution in [0.2, 0.25) is 5.02 Å². The third kappa shape index (κ3) is 5.85. The van der Waals surface area contributed by atoms with Gasteiger partial charge in [-0.15, -0.1) is 0 Å². The van der Waals surface area contributed by atoms with Gasteiger partial charge in [0.05, 0.1) is 5.02 Å². The van der Waals surface area contributed by atoms with Gasteiger partial charge in [0.1, 0.15) is 5.82 Å². The van der Waals surface area contributed by atoms with Crippen molar-refractivity contribution < 1.29 is 9.18 Å². The molecule has 0 aliphatic rings. The summed E-state index contributed by atoms with van der Waals surface area (Å²) in [4.78, 5) is 13.5. The maximum atomic E-state index is 13.4. The maximum absolute atomic E-state index is 13.4. The van der Waals surface area contributed by atoms with Gasteiger partial charge in [-0.25, -0.2) is 4.39 Å². The lowest BCUT2D eigenvalue weighted by Crippen LogP contribution is -2.25. The van der Waals surface area contributed by atoms with Crippen molar-refractivity contribution in [3.05, 3.63) is 40.7 Å². The van der Waals surface area contributed by atoms with Gasteiger partial charge >= 0.3 is 0 Å². The largest absolute Gasteiger partial charge is 0.353 e. The van der Waals surface area contributed by atoms with Crippen LogP contribution in [0.4, 0.5) is 4.39 Å². The average Bonchev–Trinajstić information content (AvgIpc) is 2.34. The summed E-state index contributed by atoms with van der Waals surface area (Å²) >= 11 is 5.85. The molecule has 5 heteroatoms. The van der Waals surface area contributed by atoms with Crippen molar-refractivity contribution in [2.24, 2.45) is 0 Å². The van der Waals surface area contributed by atoms with Gasteiger partial charge in [-0.05, 0) is 45.3 Å². The van der Waals surface area contributed by atoms with E-state index in [1.807, 2.05) is 19.0 Å². The number of rotatable bonds is 6. The van der Waals surface area contributed by atoms with E-state index in [4.69, 9.17) is 11.6 Å². The van der Waals surface area contributed by atoms with Gasteiger partial charge in [-0.1, -0.05) is 17.7 Å². The van der Waals surface area contributed by atoms with Gasteiger partial charge in [-0.2, -0.15) is 0 Å². The Morgan fingerprint density at radius 2 is 2.21 bits per heavy atom. The lowest BCUT2D eigenvalue weighted by molar-refractivity contribution is -0.116. The fraction of sp³-hybridized carbons (Fsp3) is 0.357. The molecule has 1 amide bonds. The van der Waals surface area contributed by atoms with Crippen LogP contribution in [0.5, 0.6) is 0 Å². The number of amides is 1. The molecular weight excluding hydrogens is 267 g/mol. The van der Waals surface area contributed by atoms with E-state index in [0.29, 0.717) is 6.54 Å². The first kappa shape index (κ1) is 15.7. The number of nitrogens with one attached hydrogen (secondary N) is 1. The van der Waals surface area contributed by atoms with Gasteiger partial charge < -0.3 is 10.2 Å². The van der Waals surface area contributed by atoms with E-state index < -0.39 is 5.82 Å². The van der Waals surface area contributed by atoms with Gasteiger partial charge in [-0.3, -0.25) is 4.79 Å². The molecule has 0 aromatic heterocycles. The van der Waals surface area contributed by atoms with Crippen molar-refractivity contribution in [3.8, 4) is 0 Å². The van der Waals surface area contributed by atoms with E-state index in [1.54, 1.807) is 6.07 Å². The van der Waals surface area contributed by atoms with Crippen molar-refractivity contribution in [2.75, 3.05) is 27.2 Å². The van der Waals surface area contributed by atoms with Crippen LogP contribution in [0.15, 0.2) is 24.3 Å². The predicted octanol–water partition coefficient (Wildman–Crippen LogP) is 2.56. The quantitative estimate of drug-likeness (QED) is 0.643. The number of benzene rings is 1. The molecule has 104 valence electrons. The fourth-order valence-corrected chi connectivity index (χ4v) is 1.72. The SMILES string of the molecule is CN(C)CCCNC(=O)/C=C/c1c(F)cccc1Cl. The summed E-state index contributed by atoms with van der Waals surface area (Å²) in [5, 5.41) is 3.02. The number of nitrogens with zero attached hydrogens (tertiary/aromatic N) is 1. The zero-order valence-corrected chi connectivity index (χ0v) is 11.9. The Morgan fingerprint density at radius 3 is 2.84 bits per heavy atom. The van der Waals surface area contributed by atoms with Crippen LogP contribution >= 0.6 is 11.6 Å². The van der Waals surface area contributed by atoms with Crippen molar-refractivity contribution in [1.29, 1.82) is 0 Å². The molecule has 0 aliphatic heterocycles. The van der Waals surface area contributed by atoms with Crippen LogP contribution in [0.1, 0.15) is 12.0 Å². The molecule has 0 aliphatic carbocycles. The minimum Gasteiger partial charge on any atom is -0.353 e. The lowest BCUT2D eigenvalue weighted by Gasteiger charge is -2.08. The van der Waals surface area contributed by atoms with Gasteiger partial charge in [0.15, 0.2) is 0 Å². The molecule has 0 saturated carbocycles. The Labute approximate surface area is 118 Å². The van der Waals surface area contributed by atoms with E-state index in [2.05, 4.69) is 5.32 Å². The summed E-state index contributed by atoms with van der Waals surface area (Å²) in [7, 11) is 3.95. The van der Waals surface area contributed by atoms with E-state index in [0.717, 1.165) is 13.0 Å². The lowest BCUT2D eigenvalue weighted by atomic mass is 10.2. The van der Waals surface area contributed by atoms with Crippen LogP contribution in [0, 0.1) is 5.82 Å². The zero-order valence-electron chi connectivity index (χ0n) is 11.1. The van der Waals surface area contributed by atoms with Crippen molar-refractivity contribution >= 4 is 23.6 Å². The molecule has 0 saturated heterocycles. The summed E-state index contributed by atoms with van der Waals surface area (Å²) < 4.78 is 13.4. The molecule has 1 aromatic carbocycles. The maximum Gasteiger partial charge on any atom is 0.244 e. The van der Waals surface area contributed by atoms with Crippen molar-refractivity contribution in [2.45, 2.75) is 6.42 Å². The second-order valence-electron chi connectivity index (χ2n) is 4.42.